The molecule has 0 aliphatic carbocycles. The van der Waals surface area contributed by atoms with Gasteiger partial charge in [-0.2, -0.15) is 0 Å². The predicted octanol–water partition coefficient (Wildman–Crippen LogP) is 11.3. The Bertz CT molecular complexity index is 2400. The van der Waals surface area contributed by atoms with Crippen LogP contribution < -0.4 is 0 Å². The smallest absolute Gasteiger partial charge is 0.178 e. The molecule has 5 nitrogen and oxygen atoms in total. The summed E-state index contributed by atoms with van der Waals surface area (Å²) >= 11 is 3.00. The van der Waals surface area contributed by atoms with Crippen molar-refractivity contribution < 1.29 is 14.7 Å². The minimum atomic E-state index is 0.122. The number of aryl methyl sites for hydroxylation is 3. The van der Waals surface area contributed by atoms with Crippen LogP contribution in [0.3, 0.4) is 0 Å². The van der Waals surface area contributed by atoms with Gasteiger partial charge >= 0.3 is 0 Å². The number of aliphatic hydroxyl groups is 1. The van der Waals surface area contributed by atoms with E-state index in [0.717, 1.165) is 28.7 Å². The Morgan fingerprint density at radius 3 is 1.52 bits per heavy atom. The molecule has 0 saturated carbocycles. The Morgan fingerprint density at radius 1 is 0.558 bits per heavy atom. The maximum atomic E-state index is 10.5. The third kappa shape index (κ3) is 9.80. The summed E-state index contributed by atoms with van der Waals surface area (Å²) in [5, 5.41) is 22.0. The molecule has 0 unspecified atom stereocenters. The number of aliphatic hydroxyl groups excluding tert-OH is 1. The first-order valence-electron chi connectivity index (χ1n) is 16.8. The topological polar surface area (TPSA) is 80.1 Å². The van der Waals surface area contributed by atoms with Crippen LogP contribution in [0.15, 0.2) is 132 Å². The fourth-order valence-corrected chi connectivity index (χ4v) is 6.79. The van der Waals surface area contributed by atoms with Crippen LogP contribution in [0.4, 0.5) is 0 Å². The second-order valence-electron chi connectivity index (χ2n) is 11.9. The van der Waals surface area contributed by atoms with Crippen LogP contribution in [-0.4, -0.2) is 27.6 Å². The molecular weight excluding hydrogens is 681 g/mol. The summed E-state index contributed by atoms with van der Waals surface area (Å²) in [5.74, 6) is 0. The number of nitrogens with zero attached hydrogens (tertiary/aromatic N) is 2. The van der Waals surface area contributed by atoms with Gasteiger partial charge in [-0.25, -0.2) is 9.97 Å². The van der Waals surface area contributed by atoms with Crippen molar-refractivity contribution in [3.8, 4) is 0 Å². The van der Waals surface area contributed by atoms with Gasteiger partial charge in [0.2, 0.25) is 0 Å². The number of aldehydes is 2. The molecule has 7 heteroatoms. The van der Waals surface area contributed by atoms with E-state index in [9.17, 15) is 9.59 Å². The van der Waals surface area contributed by atoms with Crippen molar-refractivity contribution in [1.82, 2.24) is 9.97 Å². The standard InChI is InChI=1S/C16H13NS.C13H12O.C12H12O.C4H3NOS/c1-12-13(8-9-16-17-10-11-18-16)6-7-14-4-2-3-5-15(12)14;1-10-11(8-9-14)6-7-12-4-2-3-5-13(10)12;1-9-11(8-13)7-6-10-4-2-3-5-12(9)10;6-3-4-5-1-2-7-4/h2-11H,1H3;2-7,9H,8H2,1H3;2-7,13H,8H2,1H3;1-3H/b9-8+;;;. The molecule has 0 saturated heterocycles. The Hall–Kier alpha value is -5.60. The zero-order valence-corrected chi connectivity index (χ0v) is 31.0. The molecule has 0 amide bonds. The Morgan fingerprint density at radius 2 is 1.04 bits per heavy atom. The van der Waals surface area contributed by atoms with Crippen molar-refractivity contribution in [2.45, 2.75) is 33.8 Å². The summed E-state index contributed by atoms with van der Waals surface area (Å²) in [6.45, 7) is 6.41. The molecule has 6 aromatic carbocycles. The number of carbonyl (C=O) groups excluding carboxylic acids is 2. The molecule has 8 aromatic rings. The maximum Gasteiger partial charge on any atom is 0.178 e. The number of fused-ring (bicyclic) bond motifs is 3. The highest BCUT2D eigenvalue weighted by molar-refractivity contribution is 7.11. The van der Waals surface area contributed by atoms with Crippen LogP contribution >= 0.6 is 22.7 Å². The number of hydrogen-bond acceptors (Lipinski definition) is 7. The van der Waals surface area contributed by atoms with E-state index in [2.05, 4.69) is 103 Å². The van der Waals surface area contributed by atoms with E-state index in [1.807, 2.05) is 61.0 Å². The van der Waals surface area contributed by atoms with E-state index in [1.54, 1.807) is 22.9 Å². The third-order valence-corrected chi connectivity index (χ3v) is 10.2. The zero-order valence-electron chi connectivity index (χ0n) is 29.4. The highest BCUT2D eigenvalue weighted by Crippen LogP contribution is 2.24. The molecule has 0 fully saturated rings. The highest BCUT2D eigenvalue weighted by atomic mass is 32.1. The van der Waals surface area contributed by atoms with Gasteiger partial charge in [-0.1, -0.05) is 115 Å². The lowest BCUT2D eigenvalue weighted by atomic mass is 9.99. The summed E-state index contributed by atoms with van der Waals surface area (Å²) in [5.41, 5.74) is 7.11. The van der Waals surface area contributed by atoms with Crippen LogP contribution in [0.2, 0.25) is 0 Å². The molecule has 260 valence electrons. The van der Waals surface area contributed by atoms with Gasteiger partial charge in [-0.15, -0.1) is 22.7 Å². The Labute approximate surface area is 312 Å². The van der Waals surface area contributed by atoms with E-state index in [4.69, 9.17) is 5.11 Å². The lowest BCUT2D eigenvalue weighted by Crippen LogP contribution is -1.91. The van der Waals surface area contributed by atoms with E-state index in [-0.39, 0.29) is 6.61 Å². The van der Waals surface area contributed by atoms with Crippen LogP contribution in [0, 0.1) is 20.8 Å². The normalized spacial score (nSPS) is 10.5. The second-order valence-corrected chi connectivity index (χ2v) is 13.7. The van der Waals surface area contributed by atoms with Crippen LogP contribution in [0.1, 0.15) is 48.2 Å². The predicted molar refractivity (Wildman–Crippen MR) is 220 cm³/mol. The highest BCUT2D eigenvalue weighted by Gasteiger charge is 2.03. The fourth-order valence-electron chi connectivity index (χ4n) is 5.82. The van der Waals surface area contributed by atoms with Gasteiger partial charge in [0.05, 0.1) is 6.61 Å². The quantitative estimate of drug-likeness (QED) is 0.173. The van der Waals surface area contributed by atoms with Crippen molar-refractivity contribution in [3.63, 3.8) is 0 Å². The molecular formula is C45H40N2O3S2. The summed E-state index contributed by atoms with van der Waals surface area (Å²) in [6, 6.07) is 37.4. The summed E-state index contributed by atoms with van der Waals surface area (Å²) in [7, 11) is 0. The first kappa shape index (κ1) is 37.7. The van der Waals surface area contributed by atoms with Crippen LogP contribution in [0.5, 0.6) is 0 Å². The molecule has 0 aliphatic heterocycles. The van der Waals surface area contributed by atoms with E-state index < -0.39 is 0 Å². The molecule has 0 atom stereocenters. The van der Waals surface area contributed by atoms with Crippen molar-refractivity contribution in [2.75, 3.05) is 0 Å². The fraction of sp³-hybridized carbons (Fsp3) is 0.111. The molecule has 0 aliphatic rings. The Balaban J connectivity index is 0.000000140. The van der Waals surface area contributed by atoms with E-state index >= 15 is 0 Å². The number of hydrogen-bond donors (Lipinski definition) is 1. The first-order chi connectivity index (χ1) is 25.4. The molecule has 2 aromatic heterocycles. The second kappa shape index (κ2) is 19.1. The molecule has 1 N–H and O–H groups in total. The molecule has 2 heterocycles. The number of benzene rings is 6. The molecule has 52 heavy (non-hydrogen) atoms. The Kier molecular flexibility index (Phi) is 13.9. The van der Waals surface area contributed by atoms with Crippen molar-refractivity contribution in [3.05, 3.63) is 176 Å². The van der Waals surface area contributed by atoms with Crippen molar-refractivity contribution in [2.24, 2.45) is 0 Å². The average Bonchev–Trinajstić information content (AvgIpc) is 3.93. The van der Waals surface area contributed by atoms with Gasteiger partial charge in [0.1, 0.15) is 11.3 Å². The summed E-state index contributed by atoms with van der Waals surface area (Å²) in [6.07, 6.45) is 9.85. The first-order valence-corrected chi connectivity index (χ1v) is 18.6. The number of aromatic nitrogens is 2. The number of rotatable bonds is 6. The van der Waals surface area contributed by atoms with Crippen molar-refractivity contribution >= 4 is 79.7 Å². The van der Waals surface area contributed by atoms with Crippen LogP contribution in [-0.2, 0) is 17.8 Å². The minimum Gasteiger partial charge on any atom is -0.392 e. The van der Waals surface area contributed by atoms with Gasteiger partial charge in [0, 0.05) is 29.6 Å². The molecule has 8 rings (SSSR count). The minimum absolute atomic E-state index is 0.122. The maximum absolute atomic E-state index is 10.5. The number of carbonyl (C=O) groups is 2. The van der Waals surface area contributed by atoms with E-state index in [1.165, 1.54) is 65.9 Å². The van der Waals surface area contributed by atoms with Gasteiger partial charge in [0.25, 0.3) is 0 Å². The lowest BCUT2D eigenvalue weighted by Gasteiger charge is -2.06. The summed E-state index contributed by atoms with van der Waals surface area (Å²) in [4.78, 5) is 28.2. The third-order valence-electron chi connectivity index (χ3n) is 8.74. The van der Waals surface area contributed by atoms with E-state index in [0.29, 0.717) is 11.4 Å². The SMILES string of the molecule is Cc1c(/C=C/c2nccs2)ccc2ccccc12.Cc1c(CC=O)ccc2ccccc12.Cc1c(CO)ccc2ccccc12.O=Cc1nccs1. The molecule has 0 spiro atoms. The van der Waals surface area contributed by atoms with Gasteiger partial charge in [0.15, 0.2) is 11.3 Å². The van der Waals surface area contributed by atoms with Gasteiger partial charge < -0.3 is 9.90 Å². The van der Waals surface area contributed by atoms with Crippen molar-refractivity contribution in [1.29, 1.82) is 0 Å². The monoisotopic (exact) mass is 720 g/mol. The summed E-state index contributed by atoms with van der Waals surface area (Å²) < 4.78 is 0. The number of thiazole rings is 2. The van der Waals surface area contributed by atoms with Crippen LogP contribution in [0.25, 0.3) is 44.5 Å². The van der Waals surface area contributed by atoms with Gasteiger partial charge in [-0.05, 0) is 92.5 Å². The largest absolute Gasteiger partial charge is 0.392 e. The average molecular weight is 721 g/mol. The zero-order chi connectivity index (χ0) is 36.7. The van der Waals surface area contributed by atoms with Gasteiger partial charge in [-0.3, -0.25) is 4.79 Å². The molecule has 0 radical (unpaired) electrons. The lowest BCUT2D eigenvalue weighted by molar-refractivity contribution is -0.107. The molecule has 0 bridgehead atoms.